The van der Waals surface area contributed by atoms with Gasteiger partial charge in [-0.05, 0) is 91.6 Å². The van der Waals surface area contributed by atoms with Crippen molar-refractivity contribution in [3.8, 4) is 0 Å². The number of hydrogen-bond acceptors (Lipinski definition) is 3. The highest BCUT2D eigenvalue weighted by Gasteiger charge is 2.56. The van der Waals surface area contributed by atoms with Crippen LogP contribution in [0.4, 0.5) is 0 Å². The van der Waals surface area contributed by atoms with E-state index in [0.717, 1.165) is 44.2 Å². The molecule has 0 aromatic carbocycles. The van der Waals surface area contributed by atoms with E-state index in [0.29, 0.717) is 30.0 Å². The van der Waals surface area contributed by atoms with E-state index in [9.17, 15) is 9.90 Å². The number of carbonyl (C=O) groups is 1. The average molecular weight is 364 g/mol. The van der Waals surface area contributed by atoms with Crippen LogP contribution in [-0.4, -0.2) is 22.0 Å². The van der Waals surface area contributed by atoms with Crippen LogP contribution in [0.25, 0.3) is 0 Å². The van der Waals surface area contributed by atoms with Gasteiger partial charge in [0.15, 0.2) is 5.78 Å². The van der Waals surface area contributed by atoms with E-state index in [-0.39, 0.29) is 11.5 Å². The first-order valence-electron chi connectivity index (χ1n) is 10.5. The minimum absolute atomic E-state index is 0.00398. The first-order valence-corrected chi connectivity index (χ1v) is 10.5. The third-order valence-electron chi connectivity index (χ3n) is 8.02. The molecular formula is C24H29NO2. The summed E-state index contributed by atoms with van der Waals surface area (Å²) in [6.45, 7) is 4.35. The molecule has 1 heterocycles. The van der Waals surface area contributed by atoms with Crippen LogP contribution in [0.15, 0.2) is 41.1 Å². The fourth-order valence-corrected chi connectivity index (χ4v) is 6.62. The molecule has 0 bridgehead atoms. The van der Waals surface area contributed by atoms with Crippen LogP contribution in [0.1, 0.15) is 69.0 Å². The number of ketones is 1. The van der Waals surface area contributed by atoms with E-state index in [4.69, 9.17) is 0 Å². The Morgan fingerprint density at radius 1 is 1.15 bits per heavy atom. The predicted octanol–water partition coefficient (Wildman–Crippen LogP) is 4.65. The van der Waals surface area contributed by atoms with Gasteiger partial charge in [-0.2, -0.15) is 0 Å². The molecule has 142 valence electrons. The minimum Gasteiger partial charge on any atom is -0.393 e. The number of nitrogens with zero attached hydrogens (tertiary/aromatic N) is 1. The molecule has 5 unspecified atom stereocenters. The molecule has 1 aromatic heterocycles. The number of rotatable bonds is 1. The third kappa shape index (κ3) is 2.58. The Morgan fingerprint density at radius 2 is 2.00 bits per heavy atom. The first-order chi connectivity index (χ1) is 13.0. The van der Waals surface area contributed by atoms with Gasteiger partial charge < -0.3 is 5.11 Å². The van der Waals surface area contributed by atoms with Crippen molar-refractivity contribution in [2.24, 2.45) is 17.3 Å². The lowest BCUT2D eigenvalue weighted by Crippen LogP contribution is -2.45. The molecule has 5 atom stereocenters. The molecule has 1 aromatic rings. The third-order valence-corrected chi connectivity index (χ3v) is 8.02. The summed E-state index contributed by atoms with van der Waals surface area (Å²) in [4.78, 5) is 16.6. The summed E-state index contributed by atoms with van der Waals surface area (Å²) in [7, 11) is 0. The second-order valence-corrected chi connectivity index (χ2v) is 9.41. The molecule has 2 fully saturated rings. The second-order valence-electron chi connectivity index (χ2n) is 9.41. The van der Waals surface area contributed by atoms with E-state index in [2.05, 4.69) is 24.0 Å². The van der Waals surface area contributed by atoms with Crippen molar-refractivity contribution >= 4 is 5.78 Å². The van der Waals surface area contributed by atoms with Gasteiger partial charge in [-0.1, -0.05) is 18.6 Å². The Morgan fingerprint density at radius 3 is 2.78 bits per heavy atom. The molecule has 3 heteroatoms. The van der Waals surface area contributed by atoms with E-state index >= 15 is 0 Å². The maximum Gasteiger partial charge on any atom is 0.156 e. The van der Waals surface area contributed by atoms with Crippen molar-refractivity contribution in [2.45, 2.75) is 70.8 Å². The highest BCUT2D eigenvalue weighted by molar-refractivity contribution is 5.93. The Bertz CT molecular complexity index is 850. The van der Waals surface area contributed by atoms with Gasteiger partial charge in [-0.3, -0.25) is 9.78 Å². The van der Waals surface area contributed by atoms with Crippen molar-refractivity contribution in [1.29, 1.82) is 0 Å². The molecule has 4 aliphatic carbocycles. The summed E-state index contributed by atoms with van der Waals surface area (Å²) in [5.41, 5.74) is 6.67. The topological polar surface area (TPSA) is 50.2 Å². The van der Waals surface area contributed by atoms with Crippen molar-refractivity contribution in [3.63, 3.8) is 0 Å². The van der Waals surface area contributed by atoms with E-state index in [1.807, 2.05) is 19.2 Å². The van der Waals surface area contributed by atoms with Gasteiger partial charge in [0.2, 0.25) is 0 Å². The zero-order valence-electron chi connectivity index (χ0n) is 16.4. The molecule has 0 radical (unpaired) electrons. The quantitative estimate of drug-likeness (QED) is 0.790. The zero-order valence-corrected chi connectivity index (χ0v) is 16.4. The lowest BCUT2D eigenvalue weighted by atomic mass is 9.53. The lowest BCUT2D eigenvalue weighted by Gasteiger charge is -2.51. The smallest absolute Gasteiger partial charge is 0.156 e. The summed E-state index contributed by atoms with van der Waals surface area (Å²) in [6, 6.07) is 4.34. The number of aliphatic hydroxyl groups is 1. The van der Waals surface area contributed by atoms with Gasteiger partial charge in [0.1, 0.15) is 0 Å². The monoisotopic (exact) mass is 363 g/mol. The summed E-state index contributed by atoms with van der Waals surface area (Å²) >= 11 is 0. The molecule has 5 rings (SSSR count). The van der Waals surface area contributed by atoms with Gasteiger partial charge >= 0.3 is 0 Å². The molecule has 0 spiro atoms. The number of aryl methyl sites for hydroxylation is 1. The number of aromatic nitrogens is 1. The maximum atomic E-state index is 12.0. The molecule has 27 heavy (non-hydrogen) atoms. The first kappa shape index (κ1) is 17.4. The highest BCUT2D eigenvalue weighted by Crippen LogP contribution is 2.63. The highest BCUT2D eigenvalue weighted by atomic mass is 16.3. The van der Waals surface area contributed by atoms with Crippen LogP contribution in [0.5, 0.6) is 0 Å². The zero-order chi connectivity index (χ0) is 18.8. The largest absolute Gasteiger partial charge is 0.393 e. The van der Waals surface area contributed by atoms with Gasteiger partial charge in [0.05, 0.1) is 6.10 Å². The summed E-state index contributed by atoms with van der Waals surface area (Å²) in [5.74, 6) is 1.73. The van der Waals surface area contributed by atoms with Crippen molar-refractivity contribution in [2.75, 3.05) is 0 Å². The number of aliphatic hydroxyl groups excluding tert-OH is 1. The summed E-state index contributed by atoms with van der Waals surface area (Å²) in [5, 5.41) is 10.9. The van der Waals surface area contributed by atoms with E-state index < -0.39 is 0 Å². The Hall–Kier alpha value is -1.74. The molecule has 1 N–H and O–H groups in total. The summed E-state index contributed by atoms with van der Waals surface area (Å²) < 4.78 is 0. The second kappa shape index (κ2) is 6.13. The van der Waals surface area contributed by atoms with Crippen molar-refractivity contribution in [3.05, 3.63) is 52.4 Å². The average Bonchev–Trinajstić information content (AvgIpc) is 2.96. The van der Waals surface area contributed by atoms with Crippen LogP contribution in [0, 0.1) is 24.2 Å². The normalized spacial score (nSPS) is 38.2. The Balaban J connectivity index is 1.68. The van der Waals surface area contributed by atoms with Gasteiger partial charge in [0, 0.05) is 24.2 Å². The van der Waals surface area contributed by atoms with Gasteiger partial charge in [0.25, 0.3) is 0 Å². The van der Waals surface area contributed by atoms with Crippen LogP contribution >= 0.6 is 0 Å². The summed E-state index contributed by atoms with van der Waals surface area (Å²) in [6.07, 6.45) is 10.5. The number of fused-ring (bicyclic) bond motifs is 4. The van der Waals surface area contributed by atoms with Crippen molar-refractivity contribution in [1.82, 2.24) is 4.98 Å². The van der Waals surface area contributed by atoms with E-state index in [1.165, 1.54) is 16.7 Å². The number of pyridine rings is 1. The number of carbonyl (C=O) groups excluding carboxylic acids is 1. The fraction of sp³-hybridized carbons (Fsp3) is 0.583. The minimum atomic E-state index is -0.195. The van der Waals surface area contributed by atoms with Crippen molar-refractivity contribution < 1.29 is 9.90 Å². The van der Waals surface area contributed by atoms with Crippen LogP contribution in [0.2, 0.25) is 0 Å². The van der Waals surface area contributed by atoms with Crippen LogP contribution in [0.3, 0.4) is 0 Å². The molecule has 0 amide bonds. The van der Waals surface area contributed by atoms with Gasteiger partial charge in [-0.15, -0.1) is 0 Å². The standard InChI is InChI=1S/C24H29NO2/c1-14-3-4-16(13-25-14)20-12-24(2)21(9-10-22(24)27)19-7-5-15-11-17(26)6-8-18(15)23(19)20/h3-4,11,13,19-22,27H,5-10,12H2,1-2H3. The number of hydrogen-bond donors (Lipinski definition) is 1. The van der Waals surface area contributed by atoms with Gasteiger partial charge in [-0.25, -0.2) is 0 Å². The molecule has 3 nitrogen and oxygen atoms in total. The molecule has 2 saturated carbocycles. The van der Waals surface area contributed by atoms with E-state index in [1.54, 1.807) is 5.57 Å². The predicted molar refractivity (Wildman–Crippen MR) is 105 cm³/mol. The van der Waals surface area contributed by atoms with Crippen LogP contribution in [-0.2, 0) is 4.79 Å². The Labute approximate surface area is 161 Å². The maximum absolute atomic E-state index is 12.0. The molecule has 4 aliphatic rings. The Kier molecular flexibility index (Phi) is 3.94. The molecular weight excluding hydrogens is 334 g/mol. The fourth-order valence-electron chi connectivity index (χ4n) is 6.62. The molecule has 0 saturated heterocycles. The number of allylic oxidation sites excluding steroid dienone is 4. The SMILES string of the molecule is Cc1ccc(C2CC3(C)C(O)CCC3C3CCC4=CC(=O)CCC4=C23)cn1. The van der Waals surface area contributed by atoms with Crippen LogP contribution < -0.4 is 0 Å². The molecule has 0 aliphatic heterocycles. The lowest BCUT2D eigenvalue weighted by molar-refractivity contribution is -0.114.